The number of Topliss-reactive ketones (excluding diaryl/α,β-unsaturated/α-hetero) is 1. The van der Waals surface area contributed by atoms with Crippen LogP contribution in [0.1, 0.15) is 19.8 Å². The number of hydrogen-bond donors (Lipinski definition) is 2. The topological polar surface area (TPSA) is 58.2 Å². The fraction of sp³-hybridized carbons (Fsp3) is 0.273. The van der Waals surface area contributed by atoms with Crippen LogP contribution in [0.15, 0.2) is 30.3 Å². The fourth-order valence-corrected chi connectivity index (χ4v) is 1.02. The molecule has 1 aromatic rings. The van der Waals surface area contributed by atoms with Crippen LogP contribution in [-0.2, 0) is 9.59 Å². The van der Waals surface area contributed by atoms with E-state index in [4.69, 9.17) is 0 Å². The van der Waals surface area contributed by atoms with Crippen LogP contribution in [-0.4, -0.2) is 11.7 Å². The van der Waals surface area contributed by atoms with E-state index in [2.05, 4.69) is 10.9 Å². The Hall–Kier alpha value is -1.84. The van der Waals surface area contributed by atoms with Gasteiger partial charge in [0.05, 0.1) is 5.69 Å². The maximum Gasteiger partial charge on any atom is 0.238 e. The van der Waals surface area contributed by atoms with Gasteiger partial charge in [0.2, 0.25) is 5.91 Å². The van der Waals surface area contributed by atoms with Crippen LogP contribution in [0.3, 0.4) is 0 Å². The number of ketones is 1. The average molecular weight is 206 g/mol. The lowest BCUT2D eigenvalue weighted by Crippen LogP contribution is -2.29. The van der Waals surface area contributed by atoms with Gasteiger partial charge in [-0.25, -0.2) is 0 Å². The van der Waals surface area contributed by atoms with Gasteiger partial charge in [0.15, 0.2) is 0 Å². The Kier molecular flexibility index (Phi) is 4.34. The van der Waals surface area contributed by atoms with E-state index in [1.54, 1.807) is 0 Å². The molecular weight excluding hydrogens is 192 g/mol. The van der Waals surface area contributed by atoms with Crippen molar-refractivity contribution in [3.63, 3.8) is 0 Å². The number of benzene rings is 1. The summed E-state index contributed by atoms with van der Waals surface area (Å²) in [6.07, 6.45) is 0.497. The van der Waals surface area contributed by atoms with Gasteiger partial charge in [0.1, 0.15) is 5.78 Å². The standard InChI is InChI=1S/C11H14N2O2/c1-9(14)7-8-11(15)13-12-10-5-3-2-4-6-10/h2-6,12H,7-8H2,1H3,(H,13,15). The number of hydrazine groups is 1. The minimum Gasteiger partial charge on any atom is -0.300 e. The summed E-state index contributed by atoms with van der Waals surface area (Å²) in [6.45, 7) is 1.47. The van der Waals surface area contributed by atoms with E-state index in [1.807, 2.05) is 30.3 Å². The SMILES string of the molecule is CC(=O)CCC(=O)NNc1ccccc1. The normalized spacial score (nSPS) is 9.40. The summed E-state index contributed by atoms with van der Waals surface area (Å²) in [5.41, 5.74) is 6.08. The van der Waals surface area contributed by atoms with Gasteiger partial charge >= 0.3 is 0 Å². The first-order chi connectivity index (χ1) is 7.18. The van der Waals surface area contributed by atoms with E-state index in [-0.39, 0.29) is 24.5 Å². The Morgan fingerprint density at radius 3 is 2.40 bits per heavy atom. The molecule has 80 valence electrons. The maximum atomic E-state index is 11.2. The third-order valence-corrected chi connectivity index (χ3v) is 1.82. The highest BCUT2D eigenvalue weighted by Gasteiger charge is 2.02. The van der Waals surface area contributed by atoms with Gasteiger partial charge in [-0.05, 0) is 19.1 Å². The predicted molar refractivity (Wildman–Crippen MR) is 58.1 cm³/mol. The third-order valence-electron chi connectivity index (χ3n) is 1.82. The van der Waals surface area contributed by atoms with Gasteiger partial charge in [-0.2, -0.15) is 0 Å². The highest BCUT2D eigenvalue weighted by atomic mass is 16.2. The minimum atomic E-state index is -0.186. The third kappa shape index (κ3) is 4.81. The monoisotopic (exact) mass is 206 g/mol. The van der Waals surface area contributed by atoms with Crippen molar-refractivity contribution < 1.29 is 9.59 Å². The molecule has 0 bridgehead atoms. The quantitative estimate of drug-likeness (QED) is 0.718. The first kappa shape index (κ1) is 11.2. The Bertz CT molecular complexity index is 336. The molecule has 4 heteroatoms. The summed E-state index contributed by atoms with van der Waals surface area (Å²) in [6, 6.07) is 9.30. The summed E-state index contributed by atoms with van der Waals surface area (Å²) >= 11 is 0. The van der Waals surface area contributed by atoms with Crippen molar-refractivity contribution in [2.45, 2.75) is 19.8 Å². The second-order valence-electron chi connectivity index (χ2n) is 3.24. The molecule has 4 nitrogen and oxygen atoms in total. The molecular formula is C11H14N2O2. The van der Waals surface area contributed by atoms with E-state index in [0.717, 1.165) is 5.69 Å². The Morgan fingerprint density at radius 1 is 1.13 bits per heavy atom. The second-order valence-corrected chi connectivity index (χ2v) is 3.24. The molecule has 0 saturated carbocycles. The van der Waals surface area contributed by atoms with Crippen molar-refractivity contribution in [2.75, 3.05) is 5.43 Å². The Balaban J connectivity index is 2.26. The molecule has 0 aromatic heterocycles. The van der Waals surface area contributed by atoms with Gasteiger partial charge in [-0.15, -0.1) is 0 Å². The van der Waals surface area contributed by atoms with E-state index < -0.39 is 0 Å². The zero-order valence-corrected chi connectivity index (χ0v) is 8.62. The van der Waals surface area contributed by atoms with Gasteiger partial charge in [-0.3, -0.25) is 15.6 Å². The van der Waals surface area contributed by atoms with E-state index in [0.29, 0.717) is 0 Å². The van der Waals surface area contributed by atoms with Gasteiger partial charge in [0, 0.05) is 12.8 Å². The fourth-order valence-electron chi connectivity index (χ4n) is 1.02. The number of nitrogens with one attached hydrogen (secondary N) is 2. The molecule has 0 aliphatic rings. The van der Waals surface area contributed by atoms with Crippen LogP contribution in [0.25, 0.3) is 0 Å². The number of amides is 1. The minimum absolute atomic E-state index is 0.0184. The lowest BCUT2D eigenvalue weighted by atomic mass is 10.2. The van der Waals surface area contributed by atoms with Crippen LogP contribution in [0, 0.1) is 0 Å². The van der Waals surface area contributed by atoms with Crippen molar-refractivity contribution in [3.05, 3.63) is 30.3 Å². The molecule has 1 rings (SSSR count). The highest BCUT2D eigenvalue weighted by Crippen LogP contribution is 2.02. The van der Waals surface area contributed by atoms with E-state index in [1.165, 1.54) is 6.92 Å². The lowest BCUT2D eigenvalue weighted by Gasteiger charge is -2.07. The summed E-state index contributed by atoms with van der Waals surface area (Å²) in [4.78, 5) is 21.8. The van der Waals surface area contributed by atoms with Crippen molar-refractivity contribution in [2.24, 2.45) is 0 Å². The second kappa shape index (κ2) is 5.80. The zero-order chi connectivity index (χ0) is 11.1. The number of anilines is 1. The van der Waals surface area contributed by atoms with E-state index in [9.17, 15) is 9.59 Å². The molecule has 0 fully saturated rings. The summed E-state index contributed by atoms with van der Waals surface area (Å²) < 4.78 is 0. The molecule has 0 aliphatic carbocycles. The number of rotatable bonds is 5. The van der Waals surface area contributed by atoms with Crippen molar-refractivity contribution >= 4 is 17.4 Å². The molecule has 2 N–H and O–H groups in total. The maximum absolute atomic E-state index is 11.2. The molecule has 0 aliphatic heterocycles. The summed E-state index contributed by atoms with van der Waals surface area (Å²) in [5.74, 6) is -0.168. The Labute approximate surface area is 88.6 Å². The number of carbonyl (C=O) groups is 2. The number of para-hydroxylation sites is 1. The summed E-state index contributed by atoms with van der Waals surface area (Å²) in [5, 5.41) is 0. The van der Waals surface area contributed by atoms with Crippen molar-refractivity contribution in [1.29, 1.82) is 0 Å². The molecule has 0 atom stereocenters. The zero-order valence-electron chi connectivity index (χ0n) is 8.62. The van der Waals surface area contributed by atoms with Crippen molar-refractivity contribution in [1.82, 2.24) is 5.43 Å². The molecule has 1 aromatic carbocycles. The average Bonchev–Trinajstić information content (AvgIpc) is 2.25. The van der Waals surface area contributed by atoms with Gasteiger partial charge in [-0.1, -0.05) is 18.2 Å². The Morgan fingerprint density at radius 2 is 1.80 bits per heavy atom. The largest absolute Gasteiger partial charge is 0.300 e. The van der Waals surface area contributed by atoms with Crippen LogP contribution >= 0.6 is 0 Å². The molecule has 0 radical (unpaired) electrons. The molecule has 0 unspecified atom stereocenters. The first-order valence-electron chi connectivity index (χ1n) is 4.78. The van der Waals surface area contributed by atoms with Crippen LogP contribution in [0.2, 0.25) is 0 Å². The molecule has 15 heavy (non-hydrogen) atoms. The number of carbonyl (C=O) groups excluding carboxylic acids is 2. The van der Waals surface area contributed by atoms with Gasteiger partial charge < -0.3 is 4.79 Å². The van der Waals surface area contributed by atoms with Crippen LogP contribution in [0.5, 0.6) is 0 Å². The van der Waals surface area contributed by atoms with Crippen LogP contribution in [0.4, 0.5) is 5.69 Å². The summed E-state index contributed by atoms with van der Waals surface area (Å²) in [7, 11) is 0. The van der Waals surface area contributed by atoms with Crippen LogP contribution < -0.4 is 10.9 Å². The van der Waals surface area contributed by atoms with Crippen molar-refractivity contribution in [3.8, 4) is 0 Å². The molecule has 0 saturated heterocycles. The van der Waals surface area contributed by atoms with E-state index >= 15 is 0 Å². The molecule has 0 spiro atoms. The number of hydrogen-bond acceptors (Lipinski definition) is 3. The highest BCUT2D eigenvalue weighted by molar-refractivity contribution is 5.84. The van der Waals surface area contributed by atoms with Gasteiger partial charge in [0.25, 0.3) is 0 Å². The lowest BCUT2D eigenvalue weighted by molar-refractivity contribution is -0.124. The predicted octanol–water partition coefficient (Wildman–Crippen LogP) is 1.50. The smallest absolute Gasteiger partial charge is 0.238 e. The molecule has 1 amide bonds. The first-order valence-corrected chi connectivity index (χ1v) is 4.78. The molecule has 0 heterocycles.